The second-order valence-electron chi connectivity index (χ2n) is 5.13. The molecule has 18 heavy (non-hydrogen) atoms. The minimum absolute atomic E-state index is 0.505. The first-order valence-electron chi connectivity index (χ1n) is 6.87. The summed E-state index contributed by atoms with van der Waals surface area (Å²) in [5.74, 6) is 0. The normalized spacial score (nSPS) is 22.0. The molecule has 0 amide bonds. The molecule has 1 aliphatic rings. The third kappa shape index (κ3) is 2.81. The van der Waals surface area contributed by atoms with Crippen LogP contribution in [0.15, 0.2) is 18.2 Å². The molecule has 0 radical (unpaired) electrons. The van der Waals surface area contributed by atoms with Gasteiger partial charge in [-0.15, -0.1) is 0 Å². The molecule has 0 spiro atoms. The quantitative estimate of drug-likeness (QED) is 0.889. The van der Waals surface area contributed by atoms with Crippen molar-refractivity contribution in [3.63, 3.8) is 0 Å². The molecule has 1 aromatic rings. The van der Waals surface area contributed by atoms with Crippen molar-refractivity contribution in [2.24, 2.45) is 0 Å². The molecular weight excluding hydrogens is 246 g/mol. The second-order valence-corrected chi connectivity index (χ2v) is 5.54. The molecule has 0 saturated carbocycles. The van der Waals surface area contributed by atoms with Crippen molar-refractivity contribution >= 4 is 17.3 Å². The predicted octanol–water partition coefficient (Wildman–Crippen LogP) is 4.16. The van der Waals surface area contributed by atoms with Crippen molar-refractivity contribution in [1.82, 2.24) is 0 Å². The molecule has 1 heterocycles. The zero-order chi connectivity index (χ0) is 13.1. The second kappa shape index (κ2) is 5.94. The van der Waals surface area contributed by atoms with Crippen molar-refractivity contribution in [2.45, 2.75) is 51.7 Å². The van der Waals surface area contributed by atoms with Crippen molar-refractivity contribution in [3.8, 4) is 0 Å². The topological polar surface area (TPSA) is 23.5 Å². The molecule has 2 unspecified atom stereocenters. The number of benzene rings is 1. The van der Waals surface area contributed by atoms with Gasteiger partial charge in [0.2, 0.25) is 0 Å². The number of aliphatic hydroxyl groups is 1. The summed E-state index contributed by atoms with van der Waals surface area (Å²) < 4.78 is 0. The maximum absolute atomic E-state index is 9.61. The van der Waals surface area contributed by atoms with Crippen LogP contribution in [-0.4, -0.2) is 17.7 Å². The Morgan fingerprint density at radius 2 is 2.22 bits per heavy atom. The predicted molar refractivity (Wildman–Crippen MR) is 77.4 cm³/mol. The number of hydrogen-bond donors (Lipinski definition) is 1. The molecule has 1 saturated heterocycles. The van der Waals surface area contributed by atoms with Gasteiger partial charge in [0.05, 0.1) is 6.10 Å². The first-order valence-corrected chi connectivity index (χ1v) is 7.25. The molecule has 1 N–H and O–H groups in total. The molecule has 0 bridgehead atoms. The van der Waals surface area contributed by atoms with E-state index >= 15 is 0 Å². The molecule has 0 aromatic heterocycles. The highest BCUT2D eigenvalue weighted by atomic mass is 35.5. The average molecular weight is 268 g/mol. The molecular formula is C15H22ClNO. The van der Waals surface area contributed by atoms with Gasteiger partial charge in [-0.3, -0.25) is 0 Å². The fourth-order valence-electron chi connectivity index (χ4n) is 2.80. The van der Waals surface area contributed by atoms with Gasteiger partial charge in [-0.2, -0.15) is 0 Å². The minimum atomic E-state index is -0.505. The number of rotatable bonds is 3. The summed E-state index contributed by atoms with van der Waals surface area (Å²) in [6, 6.07) is 6.66. The fraction of sp³-hybridized carbons (Fsp3) is 0.600. The Bertz CT molecular complexity index is 405. The summed E-state index contributed by atoms with van der Waals surface area (Å²) >= 11 is 6.25. The highest BCUT2D eigenvalue weighted by Gasteiger charge is 2.21. The van der Waals surface area contributed by atoms with Crippen molar-refractivity contribution in [2.75, 3.05) is 11.4 Å². The number of aliphatic hydroxyl groups excluding tert-OH is 1. The molecule has 2 rings (SSSR count). The maximum Gasteiger partial charge on any atom is 0.0776 e. The van der Waals surface area contributed by atoms with Crippen molar-refractivity contribution in [1.29, 1.82) is 0 Å². The Morgan fingerprint density at radius 1 is 1.44 bits per heavy atom. The lowest BCUT2D eigenvalue weighted by Crippen LogP contribution is -2.39. The molecule has 3 heteroatoms. The van der Waals surface area contributed by atoms with Gasteiger partial charge in [-0.1, -0.05) is 24.6 Å². The third-order valence-electron chi connectivity index (χ3n) is 3.86. The van der Waals surface area contributed by atoms with E-state index in [9.17, 15) is 5.11 Å². The zero-order valence-corrected chi connectivity index (χ0v) is 12.0. The Kier molecular flexibility index (Phi) is 4.52. The average Bonchev–Trinajstić information content (AvgIpc) is 2.38. The van der Waals surface area contributed by atoms with E-state index in [0.29, 0.717) is 11.1 Å². The van der Waals surface area contributed by atoms with Crippen LogP contribution >= 0.6 is 11.6 Å². The van der Waals surface area contributed by atoms with Gasteiger partial charge in [-0.25, -0.2) is 0 Å². The summed E-state index contributed by atoms with van der Waals surface area (Å²) in [6.07, 6.45) is 4.53. The summed E-state index contributed by atoms with van der Waals surface area (Å²) in [6.45, 7) is 5.11. The number of nitrogens with zero attached hydrogens (tertiary/aromatic N) is 1. The summed E-state index contributed by atoms with van der Waals surface area (Å²) in [5.41, 5.74) is 2.00. The highest BCUT2D eigenvalue weighted by Crippen LogP contribution is 2.31. The van der Waals surface area contributed by atoms with E-state index in [2.05, 4.69) is 17.9 Å². The number of piperidine rings is 1. The van der Waals surface area contributed by atoms with Gasteiger partial charge in [0.25, 0.3) is 0 Å². The summed E-state index contributed by atoms with van der Waals surface area (Å²) in [4.78, 5) is 2.46. The van der Waals surface area contributed by atoms with E-state index in [1.807, 2.05) is 12.1 Å². The lowest BCUT2D eigenvalue weighted by atomic mass is 9.98. The van der Waals surface area contributed by atoms with Crippen LogP contribution < -0.4 is 4.90 Å². The Balaban J connectivity index is 2.24. The number of halogens is 1. The molecule has 2 atom stereocenters. The monoisotopic (exact) mass is 267 g/mol. The van der Waals surface area contributed by atoms with Crippen LogP contribution in [0.3, 0.4) is 0 Å². The van der Waals surface area contributed by atoms with Gasteiger partial charge in [-0.05, 0) is 50.3 Å². The van der Waals surface area contributed by atoms with Crippen LogP contribution in [0.1, 0.15) is 51.2 Å². The van der Waals surface area contributed by atoms with E-state index in [1.165, 1.54) is 31.4 Å². The van der Waals surface area contributed by atoms with Crippen LogP contribution in [0.25, 0.3) is 0 Å². The Labute approximate surface area is 115 Å². The maximum atomic E-state index is 9.61. The van der Waals surface area contributed by atoms with Crippen molar-refractivity contribution < 1.29 is 5.11 Å². The molecule has 1 aromatic carbocycles. The summed E-state index contributed by atoms with van der Waals surface area (Å²) in [5, 5.41) is 10.3. The minimum Gasteiger partial charge on any atom is -0.389 e. The fourth-order valence-corrected chi connectivity index (χ4v) is 3.13. The van der Waals surface area contributed by atoms with E-state index in [-0.39, 0.29) is 0 Å². The first kappa shape index (κ1) is 13.7. The SMILES string of the molecule is CCC1CCCCN1c1ccc(C(C)O)c(Cl)c1. The Hall–Kier alpha value is -0.730. The molecule has 100 valence electrons. The Morgan fingerprint density at radius 3 is 2.83 bits per heavy atom. The van der Waals surface area contributed by atoms with Gasteiger partial charge in [0, 0.05) is 23.3 Å². The van der Waals surface area contributed by atoms with E-state index < -0.39 is 6.10 Å². The molecule has 1 fully saturated rings. The van der Waals surface area contributed by atoms with Gasteiger partial charge in [0.15, 0.2) is 0 Å². The standard InChI is InChI=1S/C15H22ClNO/c1-3-12-6-4-5-9-17(12)13-7-8-14(11(2)18)15(16)10-13/h7-8,10-12,18H,3-6,9H2,1-2H3. The molecule has 0 aliphatic carbocycles. The van der Waals surface area contributed by atoms with Crippen LogP contribution in [-0.2, 0) is 0 Å². The summed E-state index contributed by atoms with van der Waals surface area (Å²) in [7, 11) is 0. The molecule has 1 aliphatic heterocycles. The van der Waals surface area contributed by atoms with Crippen LogP contribution in [0.5, 0.6) is 0 Å². The van der Waals surface area contributed by atoms with Gasteiger partial charge in [0.1, 0.15) is 0 Å². The van der Waals surface area contributed by atoms with E-state index in [0.717, 1.165) is 12.1 Å². The first-order chi connectivity index (χ1) is 8.63. The van der Waals surface area contributed by atoms with Crippen LogP contribution in [0, 0.1) is 0 Å². The van der Waals surface area contributed by atoms with Crippen LogP contribution in [0.2, 0.25) is 5.02 Å². The lowest BCUT2D eigenvalue weighted by Gasteiger charge is -2.37. The van der Waals surface area contributed by atoms with Gasteiger partial charge >= 0.3 is 0 Å². The number of anilines is 1. The van der Waals surface area contributed by atoms with Crippen molar-refractivity contribution in [3.05, 3.63) is 28.8 Å². The lowest BCUT2D eigenvalue weighted by molar-refractivity contribution is 0.199. The largest absolute Gasteiger partial charge is 0.389 e. The number of hydrogen-bond acceptors (Lipinski definition) is 2. The van der Waals surface area contributed by atoms with E-state index in [4.69, 9.17) is 11.6 Å². The smallest absolute Gasteiger partial charge is 0.0776 e. The third-order valence-corrected chi connectivity index (χ3v) is 4.19. The van der Waals surface area contributed by atoms with E-state index in [1.54, 1.807) is 6.92 Å². The zero-order valence-electron chi connectivity index (χ0n) is 11.2. The highest BCUT2D eigenvalue weighted by molar-refractivity contribution is 6.31. The van der Waals surface area contributed by atoms with Crippen LogP contribution in [0.4, 0.5) is 5.69 Å². The van der Waals surface area contributed by atoms with Gasteiger partial charge < -0.3 is 10.0 Å². The molecule has 2 nitrogen and oxygen atoms in total.